The molecule has 0 fully saturated rings. The van der Waals surface area contributed by atoms with Crippen molar-refractivity contribution < 1.29 is 0 Å². The normalized spacial score (nSPS) is 14.0. The minimum absolute atomic E-state index is 0. The molecule has 2 rings (SSSR count). The van der Waals surface area contributed by atoms with Gasteiger partial charge >= 0.3 is 0 Å². The van der Waals surface area contributed by atoms with Crippen molar-refractivity contribution in [2.24, 2.45) is 0 Å². The van der Waals surface area contributed by atoms with Gasteiger partial charge in [0.1, 0.15) is 0 Å². The fraction of sp³-hybridized carbons (Fsp3) is 0.333. The number of hydrogen-bond acceptors (Lipinski definition) is 1. The molecule has 0 atom stereocenters. The van der Waals surface area contributed by atoms with Crippen molar-refractivity contribution in [2.75, 3.05) is 0 Å². The monoisotopic (exact) mass is 135 g/mol. The van der Waals surface area contributed by atoms with E-state index in [1.54, 1.807) is 0 Å². The summed E-state index contributed by atoms with van der Waals surface area (Å²) < 4.78 is 0. The molecule has 0 unspecified atom stereocenters. The SMILES string of the molecule is C.c1ccc2c(c1)CNC2. The highest BCUT2D eigenvalue weighted by molar-refractivity contribution is 5.29. The second kappa shape index (κ2) is 2.84. The molecule has 1 aromatic rings. The molecule has 1 N–H and O–H groups in total. The molecular weight excluding hydrogens is 122 g/mol. The van der Waals surface area contributed by atoms with Crippen LogP contribution in [-0.4, -0.2) is 0 Å². The van der Waals surface area contributed by atoms with Crippen LogP contribution in [0.4, 0.5) is 0 Å². The zero-order chi connectivity index (χ0) is 6.10. The van der Waals surface area contributed by atoms with Crippen molar-refractivity contribution in [3.8, 4) is 0 Å². The highest BCUT2D eigenvalue weighted by Gasteiger charge is 2.06. The highest BCUT2D eigenvalue weighted by atomic mass is 14.9. The van der Waals surface area contributed by atoms with Crippen LogP contribution in [-0.2, 0) is 13.1 Å². The maximum absolute atomic E-state index is 3.29. The molecule has 0 amide bonds. The first-order valence-corrected chi connectivity index (χ1v) is 3.24. The lowest BCUT2D eigenvalue weighted by Gasteiger charge is -1.91. The second-order valence-corrected chi connectivity index (χ2v) is 2.37. The lowest BCUT2D eigenvalue weighted by Crippen LogP contribution is -1.99. The third-order valence-corrected chi connectivity index (χ3v) is 1.75. The molecule has 1 nitrogen and oxygen atoms in total. The lowest BCUT2D eigenvalue weighted by atomic mass is 10.1. The van der Waals surface area contributed by atoms with Crippen LogP contribution in [0.2, 0.25) is 0 Å². The molecule has 10 heavy (non-hydrogen) atoms. The van der Waals surface area contributed by atoms with E-state index in [0.29, 0.717) is 0 Å². The first-order valence-electron chi connectivity index (χ1n) is 3.24. The Morgan fingerprint density at radius 1 is 1.00 bits per heavy atom. The van der Waals surface area contributed by atoms with Gasteiger partial charge in [-0.15, -0.1) is 0 Å². The summed E-state index contributed by atoms with van der Waals surface area (Å²) in [6.45, 7) is 2.10. The van der Waals surface area contributed by atoms with Gasteiger partial charge in [0.2, 0.25) is 0 Å². The zero-order valence-corrected chi connectivity index (χ0v) is 5.22. The third-order valence-electron chi connectivity index (χ3n) is 1.75. The van der Waals surface area contributed by atoms with Gasteiger partial charge in [0.05, 0.1) is 0 Å². The Morgan fingerprint density at radius 2 is 1.50 bits per heavy atom. The molecule has 0 radical (unpaired) electrons. The van der Waals surface area contributed by atoms with Gasteiger partial charge in [0.15, 0.2) is 0 Å². The molecule has 0 saturated heterocycles. The molecule has 0 saturated carbocycles. The summed E-state index contributed by atoms with van der Waals surface area (Å²) in [5.41, 5.74) is 2.91. The summed E-state index contributed by atoms with van der Waals surface area (Å²) in [6, 6.07) is 8.53. The van der Waals surface area contributed by atoms with Gasteiger partial charge in [-0.25, -0.2) is 0 Å². The number of nitrogens with one attached hydrogen (secondary N) is 1. The van der Waals surface area contributed by atoms with Crippen LogP contribution in [0.25, 0.3) is 0 Å². The molecule has 1 aromatic carbocycles. The molecule has 0 bridgehead atoms. The van der Waals surface area contributed by atoms with Gasteiger partial charge in [-0.05, 0) is 11.1 Å². The van der Waals surface area contributed by atoms with Crippen LogP contribution in [0.5, 0.6) is 0 Å². The number of benzene rings is 1. The maximum Gasteiger partial charge on any atom is 0.0211 e. The quantitative estimate of drug-likeness (QED) is 0.573. The van der Waals surface area contributed by atoms with Crippen LogP contribution in [0.1, 0.15) is 18.6 Å². The van der Waals surface area contributed by atoms with E-state index >= 15 is 0 Å². The van der Waals surface area contributed by atoms with Crippen molar-refractivity contribution in [3.05, 3.63) is 35.4 Å². The zero-order valence-electron chi connectivity index (χ0n) is 5.22. The Hall–Kier alpha value is -0.820. The van der Waals surface area contributed by atoms with Gasteiger partial charge in [-0.2, -0.15) is 0 Å². The topological polar surface area (TPSA) is 12.0 Å². The van der Waals surface area contributed by atoms with Gasteiger partial charge < -0.3 is 5.32 Å². The fourth-order valence-corrected chi connectivity index (χ4v) is 1.23. The summed E-state index contributed by atoms with van der Waals surface area (Å²) in [6.07, 6.45) is 0. The first-order chi connectivity index (χ1) is 4.47. The van der Waals surface area contributed by atoms with Crippen LogP contribution in [0.15, 0.2) is 24.3 Å². The minimum atomic E-state index is 0. The van der Waals surface area contributed by atoms with Crippen molar-refractivity contribution in [1.29, 1.82) is 0 Å². The van der Waals surface area contributed by atoms with E-state index in [4.69, 9.17) is 0 Å². The van der Waals surface area contributed by atoms with Gasteiger partial charge in [0.25, 0.3) is 0 Å². The lowest BCUT2D eigenvalue weighted by molar-refractivity contribution is 0.765. The maximum atomic E-state index is 3.29. The predicted octanol–water partition coefficient (Wildman–Crippen LogP) is 1.93. The first kappa shape index (κ1) is 7.29. The van der Waals surface area contributed by atoms with E-state index in [1.807, 2.05) is 0 Å². The number of rotatable bonds is 0. The molecule has 1 aliphatic rings. The summed E-state index contributed by atoms with van der Waals surface area (Å²) in [4.78, 5) is 0. The van der Waals surface area contributed by atoms with Crippen LogP contribution < -0.4 is 5.32 Å². The summed E-state index contributed by atoms with van der Waals surface area (Å²) in [5, 5.41) is 3.29. The van der Waals surface area contributed by atoms with Gasteiger partial charge in [0, 0.05) is 13.1 Å². The Balaban J connectivity index is 0.000000500. The Bertz CT molecular complexity index is 195. The Labute approximate surface area is 62.1 Å². The van der Waals surface area contributed by atoms with Gasteiger partial charge in [-0.3, -0.25) is 0 Å². The van der Waals surface area contributed by atoms with E-state index in [9.17, 15) is 0 Å². The summed E-state index contributed by atoms with van der Waals surface area (Å²) in [7, 11) is 0. The van der Waals surface area contributed by atoms with Crippen LogP contribution in [0, 0.1) is 0 Å². The van der Waals surface area contributed by atoms with E-state index < -0.39 is 0 Å². The van der Waals surface area contributed by atoms with Crippen molar-refractivity contribution in [3.63, 3.8) is 0 Å². The second-order valence-electron chi connectivity index (χ2n) is 2.37. The van der Waals surface area contributed by atoms with Crippen molar-refractivity contribution in [1.82, 2.24) is 5.32 Å². The smallest absolute Gasteiger partial charge is 0.0211 e. The summed E-state index contributed by atoms with van der Waals surface area (Å²) >= 11 is 0. The Morgan fingerprint density at radius 3 is 2.00 bits per heavy atom. The number of hydrogen-bond donors (Lipinski definition) is 1. The van der Waals surface area contributed by atoms with Crippen LogP contribution in [0.3, 0.4) is 0 Å². The van der Waals surface area contributed by atoms with Gasteiger partial charge in [-0.1, -0.05) is 31.7 Å². The van der Waals surface area contributed by atoms with Crippen molar-refractivity contribution in [2.45, 2.75) is 20.5 Å². The molecule has 1 aliphatic heterocycles. The molecule has 0 spiro atoms. The highest BCUT2D eigenvalue weighted by Crippen LogP contribution is 2.12. The minimum Gasteiger partial charge on any atom is -0.309 e. The molecule has 1 heteroatoms. The number of fused-ring (bicyclic) bond motifs is 1. The molecule has 0 aliphatic carbocycles. The predicted molar refractivity (Wildman–Crippen MR) is 43.7 cm³/mol. The summed E-state index contributed by atoms with van der Waals surface area (Å²) in [5.74, 6) is 0. The van der Waals surface area contributed by atoms with E-state index in [2.05, 4.69) is 29.6 Å². The third kappa shape index (κ3) is 1.05. The molecule has 1 heterocycles. The van der Waals surface area contributed by atoms with Crippen molar-refractivity contribution >= 4 is 0 Å². The van der Waals surface area contributed by atoms with E-state index in [1.165, 1.54) is 11.1 Å². The largest absolute Gasteiger partial charge is 0.309 e. The average Bonchev–Trinajstić information content (AvgIpc) is 2.33. The average molecular weight is 135 g/mol. The standard InChI is InChI=1S/C8H9N.CH4/c1-2-4-8-6-9-5-7(8)3-1;/h1-4,9H,5-6H2;1H4. The van der Waals surface area contributed by atoms with Crippen LogP contribution >= 0.6 is 0 Å². The molecular formula is C9H13N. The fourth-order valence-electron chi connectivity index (χ4n) is 1.23. The van der Waals surface area contributed by atoms with E-state index in [-0.39, 0.29) is 7.43 Å². The molecule has 54 valence electrons. The van der Waals surface area contributed by atoms with E-state index in [0.717, 1.165) is 13.1 Å². The molecule has 0 aromatic heterocycles. The Kier molecular flexibility index (Phi) is 2.07.